The van der Waals surface area contributed by atoms with Gasteiger partial charge in [0.25, 0.3) is 5.92 Å². The molecule has 0 bridgehead atoms. The van der Waals surface area contributed by atoms with Crippen molar-refractivity contribution >= 4 is 54.3 Å². The molecule has 1 spiro atoms. The fraction of sp³-hybridized carbons (Fsp3) is 0.860. The van der Waals surface area contributed by atoms with Crippen LogP contribution in [0.4, 0.5) is 56.3 Å². The van der Waals surface area contributed by atoms with E-state index >= 15 is 0 Å². The number of hydrogen-bond donors (Lipinski definition) is 16. The largest absolute Gasteiger partial charge is 0.335 e. The lowest BCUT2D eigenvalue weighted by molar-refractivity contribution is -0.0531. The molecule has 0 aliphatic heterocycles. The summed E-state index contributed by atoms with van der Waals surface area (Å²) in [6, 6.07) is 8.07. The molecule has 5 saturated carbocycles. The predicted molar refractivity (Wildman–Crippen MR) is 539 cm³/mol. The highest BCUT2D eigenvalue weighted by atomic mass is 19.3. The average Bonchev–Trinajstić information content (AvgIpc) is 1.59. The van der Waals surface area contributed by atoms with Crippen LogP contribution >= 0.6 is 0 Å². The van der Waals surface area contributed by atoms with Crippen LogP contribution in [0.1, 0.15) is 373 Å². The first-order chi connectivity index (χ1) is 59.3. The number of alkyl halides is 3. The lowest BCUT2D eigenvalue weighted by Crippen LogP contribution is -2.63. The van der Waals surface area contributed by atoms with E-state index in [9.17, 15) is 56.3 Å². The first-order valence-corrected chi connectivity index (χ1v) is 48.9. The first kappa shape index (κ1) is 130. The van der Waals surface area contributed by atoms with E-state index in [1.54, 1.807) is 32.1 Å². The van der Waals surface area contributed by atoms with Gasteiger partial charge in [0, 0.05) is 136 Å². The van der Waals surface area contributed by atoms with Crippen molar-refractivity contribution in [1.82, 2.24) is 99.9 Å². The number of carbonyl (C=O) groups is 9. The number of aromatic nitrogens is 1. The van der Waals surface area contributed by atoms with Gasteiger partial charge >= 0.3 is 54.3 Å². The third-order valence-electron chi connectivity index (χ3n) is 25.1. The highest BCUT2D eigenvalue weighted by Gasteiger charge is 2.53. The van der Waals surface area contributed by atoms with Crippen LogP contribution in [0.2, 0.25) is 0 Å². The lowest BCUT2D eigenvalue weighted by atomic mass is 9.68. The van der Waals surface area contributed by atoms with Gasteiger partial charge in [-0.2, -0.15) is 0 Å². The van der Waals surface area contributed by atoms with Gasteiger partial charge in [-0.3, -0.25) is 4.98 Å². The Labute approximate surface area is 796 Å². The van der Waals surface area contributed by atoms with E-state index in [0.717, 1.165) is 38.3 Å². The minimum absolute atomic E-state index is 0. The normalized spacial score (nSPS) is 18.7. The SMILES string of the molecule is C.CC(C)[C@@H](C)NC(=O)N(C(C)C)C(C)C.CC(C)[C@@H](C)NC(=O)N(C)C.CC(C)[C@@H](C)NC(=O)NC(C)(C)C.CC(C)[C@@H](C)NC(=O)NC(C)(C)C(C)(F)F.CC(C)[C@@H](C)NC(=O)NC1(C)CC(C)(F)C1.CC(C)[C@@H](C)NC(=O)NC1CC2(CC2)C1.CC(C)[C@@H](C)NC(=O)NC1CCC1.CC(C)[C@@H](C)NC(=O)NC1CCCCC1.CC(C)[C@@H](C)NC(=O)NCc1ccccn1. The standard InChI is InChI=1S/C12H23FN2O.C12H19N3O.C12H22N2O.C12H24N2O.C12H26N2O.C11H22F2N2O.C10H20N2O.C10H22N2O.C8H18N2O.CH4/c1-8(2)9(3)14-10(16)15-12(5)6-11(4,13)7-12;1-9(2)10(3)15-12(16)14-8-11-6-4-5-7-13-11;1-8(2)9(3)13-11(15)14-10-6-12(7-10)4-5-12;1-9(2)10(3)13-12(15)14-11-7-5-4-6-8-11;1-8(2)11(7)13-12(15)14(9(3)4)10(5)6;1-7(2)8(3)14-9(16)15-10(4,5)11(6,12)13;1-7(2)8(3)11-10(13)12-9-5-4-6-9;1-7(2)8(3)11-9(13)12-10(4,5)6;1-6(2)7(3)9-8(11)10(4)5;/h8-9H,6-7H2,1-5H3,(H2,14,15,16);4-7,9-10H,8H2,1-3H3,(H2,14,15,16);8-10H,4-7H2,1-3H3,(H2,13,14,15);9-11H,4-8H2,1-3H3,(H2,13,14,15);8-11H,1-7H3,(H,13,15);7-8H,1-6H3,(H2,14,15,16);7-9H,4-6H2,1-3H3,(H2,11,12,13);7-8H,1-6H3,(H2,11,12,13);6-7H,1-5H3,(H,9,11);1H4/t9-,11?,12?;10-;9-;10-;11-;3*8-;7-;/m111111111./s1. The number of hydrogen-bond acceptors (Lipinski definition) is 10. The molecule has 0 saturated heterocycles. The fourth-order valence-electron chi connectivity index (χ4n) is 12.3. The summed E-state index contributed by atoms with van der Waals surface area (Å²) < 4.78 is 39.6. The molecule has 770 valence electrons. The Kier molecular flexibility index (Phi) is 62.2. The highest BCUT2D eigenvalue weighted by molar-refractivity contribution is 5.78. The Morgan fingerprint density at radius 3 is 0.992 bits per heavy atom. The number of amides is 18. The van der Waals surface area contributed by atoms with Gasteiger partial charge < -0.3 is 94.9 Å². The van der Waals surface area contributed by atoms with Crippen LogP contribution in [-0.4, -0.2) is 196 Å². The van der Waals surface area contributed by atoms with Crippen molar-refractivity contribution in [3.63, 3.8) is 0 Å². The van der Waals surface area contributed by atoms with Gasteiger partial charge in [-0.15, -0.1) is 0 Å². The van der Waals surface area contributed by atoms with Crippen molar-refractivity contribution in [2.24, 2.45) is 58.7 Å². The van der Waals surface area contributed by atoms with E-state index in [4.69, 9.17) is 0 Å². The smallest absolute Gasteiger partial charge is 0.318 e. The Hall–Kier alpha value is -7.63. The van der Waals surface area contributed by atoms with E-state index in [1.807, 2.05) is 155 Å². The molecule has 0 unspecified atom stereocenters. The van der Waals surface area contributed by atoms with E-state index in [2.05, 4.69) is 201 Å². The summed E-state index contributed by atoms with van der Waals surface area (Å²) >= 11 is 0. The summed E-state index contributed by atoms with van der Waals surface area (Å²) in [5.41, 5.74) is -1.71. The van der Waals surface area contributed by atoms with Gasteiger partial charge in [-0.05, 0) is 267 Å². The van der Waals surface area contributed by atoms with Crippen LogP contribution in [0.15, 0.2) is 24.4 Å². The zero-order valence-corrected chi connectivity index (χ0v) is 89.3. The topological polar surface area (TPSA) is 365 Å². The molecule has 1 aromatic heterocycles. The molecule has 31 heteroatoms. The van der Waals surface area contributed by atoms with Crippen LogP contribution in [0.3, 0.4) is 0 Å². The maximum atomic E-state index is 13.4. The second-order valence-electron chi connectivity index (χ2n) is 43.6. The molecule has 16 N–H and O–H groups in total. The Morgan fingerprint density at radius 2 is 0.710 bits per heavy atom. The van der Waals surface area contributed by atoms with Gasteiger partial charge in [0.05, 0.1) is 17.8 Å². The van der Waals surface area contributed by atoms with Crippen LogP contribution in [0, 0.1) is 58.7 Å². The maximum Gasteiger partial charge on any atom is 0.318 e. The molecule has 0 radical (unpaired) electrons. The minimum atomic E-state index is -2.97. The second-order valence-corrected chi connectivity index (χ2v) is 43.6. The molecule has 6 rings (SSSR count). The van der Waals surface area contributed by atoms with Crippen LogP contribution in [0.5, 0.6) is 0 Å². The predicted octanol–water partition coefficient (Wildman–Crippen LogP) is 21.0. The van der Waals surface area contributed by atoms with E-state index in [1.165, 1.54) is 65.2 Å². The third-order valence-corrected chi connectivity index (χ3v) is 25.1. The molecule has 131 heavy (non-hydrogen) atoms. The monoisotopic (exact) mass is 1870 g/mol. The van der Waals surface area contributed by atoms with Crippen LogP contribution in [-0.2, 0) is 6.54 Å². The molecule has 28 nitrogen and oxygen atoms in total. The zero-order valence-electron chi connectivity index (χ0n) is 89.3. The molecule has 1 heterocycles. The second kappa shape index (κ2) is 62.8. The van der Waals surface area contributed by atoms with Gasteiger partial charge in [0.1, 0.15) is 5.67 Å². The van der Waals surface area contributed by atoms with Gasteiger partial charge in [-0.25, -0.2) is 56.3 Å². The molecule has 0 aromatic carbocycles. The molecule has 9 atom stereocenters. The number of urea groups is 9. The van der Waals surface area contributed by atoms with Crippen molar-refractivity contribution in [3.8, 4) is 0 Å². The van der Waals surface area contributed by atoms with E-state index in [0.29, 0.717) is 90.3 Å². The molecule has 1 aromatic rings. The van der Waals surface area contributed by atoms with Crippen molar-refractivity contribution in [3.05, 3.63) is 30.1 Å². The fourth-order valence-corrected chi connectivity index (χ4v) is 12.3. The molecule has 5 aliphatic carbocycles. The van der Waals surface area contributed by atoms with Gasteiger partial charge in [0.15, 0.2) is 0 Å². The maximum absolute atomic E-state index is 13.4. The lowest BCUT2D eigenvalue weighted by Gasteiger charge is -2.48. The molecular formula is C100H200F3N19O9. The highest BCUT2D eigenvalue weighted by Crippen LogP contribution is 2.60. The summed E-state index contributed by atoms with van der Waals surface area (Å²) in [6.45, 7) is 76.7. The molecule has 5 fully saturated rings. The average molecular weight is 1870 g/mol. The molecular weight excluding hydrogens is 1670 g/mol. The Bertz CT molecular complexity index is 3310. The summed E-state index contributed by atoms with van der Waals surface area (Å²) in [5.74, 6) is 1.01. The molecule has 5 aliphatic rings. The van der Waals surface area contributed by atoms with E-state index < -0.39 is 23.2 Å². The van der Waals surface area contributed by atoms with Crippen LogP contribution < -0.4 is 85.1 Å². The molecule has 18 amide bonds. The number of nitrogens with one attached hydrogen (secondary N) is 16. The van der Waals surface area contributed by atoms with Crippen LogP contribution in [0.25, 0.3) is 0 Å². The first-order valence-electron chi connectivity index (χ1n) is 48.9. The quantitative estimate of drug-likeness (QED) is 0.0376. The van der Waals surface area contributed by atoms with E-state index in [-0.39, 0.29) is 139 Å². The van der Waals surface area contributed by atoms with Crippen molar-refractivity contribution in [2.45, 2.75) is 487 Å². The number of nitrogens with zero attached hydrogens (tertiary/aromatic N) is 3. The number of halogens is 3. The van der Waals surface area contributed by atoms with Crippen molar-refractivity contribution < 1.29 is 56.3 Å². The van der Waals surface area contributed by atoms with Gasteiger partial charge in [0.2, 0.25) is 0 Å². The summed E-state index contributed by atoms with van der Waals surface area (Å²) in [6.07, 6.45) is 17.3. The zero-order chi connectivity index (χ0) is 102. The third kappa shape index (κ3) is 61.1. The van der Waals surface area contributed by atoms with Crippen molar-refractivity contribution in [2.75, 3.05) is 14.1 Å². The summed E-state index contributed by atoms with van der Waals surface area (Å²) in [7, 11) is 3.48. The Morgan fingerprint density at radius 1 is 0.405 bits per heavy atom. The van der Waals surface area contributed by atoms with Crippen molar-refractivity contribution in [1.29, 1.82) is 0 Å². The van der Waals surface area contributed by atoms with Gasteiger partial charge in [-0.1, -0.05) is 157 Å². The number of rotatable bonds is 28. The summed E-state index contributed by atoms with van der Waals surface area (Å²) in [4.78, 5) is 111. The minimum Gasteiger partial charge on any atom is -0.335 e. The number of pyridine rings is 1. The Balaban J connectivity index is -0.000000693. The summed E-state index contributed by atoms with van der Waals surface area (Å²) in [5, 5.41) is 45.8. The number of carbonyl (C=O) groups excluding carboxylic acids is 9.